The molecule has 2 atom stereocenters. The summed E-state index contributed by atoms with van der Waals surface area (Å²) >= 11 is 0. The summed E-state index contributed by atoms with van der Waals surface area (Å²) < 4.78 is 0. The lowest BCUT2D eigenvalue weighted by Gasteiger charge is -2.56. The third-order valence-corrected chi connectivity index (χ3v) is 7.15. The maximum absolute atomic E-state index is 13.8. The standard InChI is InChI=1S/C23H32N2O2/c1-3-17(2)25-21(26)19-12-6-5-11-18(19)20(22(27)24-15-9-10-16-24)23(25)13-7-4-8-14-23/h5-6,11-12,17,20H,3-4,7-10,13-16H2,1-2H3/t17-,20+/m0/s1. The maximum atomic E-state index is 13.8. The zero-order valence-corrected chi connectivity index (χ0v) is 16.7. The van der Waals surface area contributed by atoms with Crippen LogP contribution in [0.15, 0.2) is 24.3 Å². The zero-order chi connectivity index (χ0) is 19.0. The molecule has 0 bridgehead atoms. The Labute approximate surface area is 162 Å². The quantitative estimate of drug-likeness (QED) is 0.796. The maximum Gasteiger partial charge on any atom is 0.254 e. The van der Waals surface area contributed by atoms with Gasteiger partial charge in [-0.05, 0) is 50.7 Å². The molecule has 4 heteroatoms. The van der Waals surface area contributed by atoms with Gasteiger partial charge in [-0.3, -0.25) is 9.59 Å². The fraction of sp³-hybridized carbons (Fsp3) is 0.652. The fourth-order valence-electron chi connectivity index (χ4n) is 5.70. The van der Waals surface area contributed by atoms with E-state index in [1.165, 1.54) is 6.42 Å². The number of carbonyl (C=O) groups is 2. The summed E-state index contributed by atoms with van der Waals surface area (Å²) in [6.07, 6.45) is 8.42. The minimum atomic E-state index is -0.348. The van der Waals surface area contributed by atoms with Crippen LogP contribution >= 0.6 is 0 Å². The highest BCUT2D eigenvalue weighted by molar-refractivity contribution is 6.02. The molecule has 1 spiro atoms. The van der Waals surface area contributed by atoms with Crippen molar-refractivity contribution in [3.63, 3.8) is 0 Å². The Morgan fingerprint density at radius 2 is 1.78 bits per heavy atom. The third kappa shape index (κ3) is 2.88. The molecule has 4 nitrogen and oxygen atoms in total. The first-order chi connectivity index (χ1) is 13.1. The molecular weight excluding hydrogens is 336 g/mol. The Hall–Kier alpha value is -1.84. The van der Waals surface area contributed by atoms with E-state index < -0.39 is 0 Å². The highest BCUT2D eigenvalue weighted by Crippen LogP contribution is 2.51. The first kappa shape index (κ1) is 18.5. The van der Waals surface area contributed by atoms with E-state index in [1.54, 1.807) is 0 Å². The average Bonchev–Trinajstić information content (AvgIpc) is 3.23. The molecule has 2 amide bonds. The number of likely N-dealkylation sites (tertiary alicyclic amines) is 1. The Morgan fingerprint density at radius 1 is 1.11 bits per heavy atom. The van der Waals surface area contributed by atoms with Gasteiger partial charge in [-0.2, -0.15) is 0 Å². The summed E-state index contributed by atoms with van der Waals surface area (Å²) in [6.45, 7) is 6.03. The van der Waals surface area contributed by atoms with Gasteiger partial charge < -0.3 is 9.80 Å². The molecule has 27 heavy (non-hydrogen) atoms. The van der Waals surface area contributed by atoms with Crippen LogP contribution in [0.3, 0.4) is 0 Å². The van der Waals surface area contributed by atoms with E-state index in [9.17, 15) is 9.59 Å². The molecule has 146 valence electrons. The first-order valence-electron chi connectivity index (χ1n) is 10.8. The van der Waals surface area contributed by atoms with Crippen molar-refractivity contribution in [2.24, 2.45) is 0 Å². The fourth-order valence-corrected chi connectivity index (χ4v) is 5.70. The lowest BCUT2D eigenvalue weighted by Crippen LogP contribution is -2.65. The third-order valence-electron chi connectivity index (χ3n) is 7.15. The molecule has 0 aromatic heterocycles. The second kappa shape index (κ2) is 7.29. The Morgan fingerprint density at radius 3 is 2.44 bits per heavy atom. The molecule has 2 fully saturated rings. The van der Waals surface area contributed by atoms with Crippen LogP contribution in [0.25, 0.3) is 0 Å². The number of carbonyl (C=O) groups excluding carboxylic acids is 2. The molecule has 3 aliphatic rings. The van der Waals surface area contributed by atoms with Crippen LogP contribution in [0.1, 0.15) is 87.1 Å². The molecule has 2 heterocycles. The Balaban J connectivity index is 1.88. The number of hydrogen-bond donors (Lipinski definition) is 0. The molecule has 1 saturated heterocycles. The summed E-state index contributed by atoms with van der Waals surface area (Å²) in [5.41, 5.74) is 1.37. The van der Waals surface area contributed by atoms with Crippen molar-refractivity contribution in [2.45, 2.75) is 82.7 Å². The van der Waals surface area contributed by atoms with Gasteiger partial charge in [0.25, 0.3) is 5.91 Å². The lowest BCUT2D eigenvalue weighted by atomic mass is 9.64. The second-order valence-electron chi connectivity index (χ2n) is 8.65. The van der Waals surface area contributed by atoms with Crippen LogP contribution in [-0.4, -0.2) is 46.3 Å². The summed E-state index contributed by atoms with van der Waals surface area (Å²) in [5.74, 6) is 0.175. The van der Waals surface area contributed by atoms with Crippen LogP contribution in [0.4, 0.5) is 0 Å². The van der Waals surface area contributed by atoms with Crippen molar-refractivity contribution >= 4 is 11.8 Å². The molecule has 4 rings (SSSR count). The van der Waals surface area contributed by atoms with Gasteiger partial charge in [-0.15, -0.1) is 0 Å². The van der Waals surface area contributed by atoms with Gasteiger partial charge in [-0.25, -0.2) is 0 Å². The number of fused-ring (bicyclic) bond motifs is 1. The molecule has 1 aromatic carbocycles. The minimum absolute atomic E-state index is 0.132. The van der Waals surface area contributed by atoms with E-state index in [2.05, 4.69) is 23.6 Å². The van der Waals surface area contributed by atoms with Gasteiger partial charge in [-0.1, -0.05) is 44.4 Å². The molecule has 0 N–H and O–H groups in total. The monoisotopic (exact) mass is 368 g/mol. The lowest BCUT2D eigenvalue weighted by molar-refractivity contribution is -0.137. The van der Waals surface area contributed by atoms with Crippen LogP contribution in [-0.2, 0) is 4.79 Å². The molecule has 2 aliphatic heterocycles. The summed E-state index contributed by atoms with van der Waals surface area (Å²) in [7, 11) is 0. The topological polar surface area (TPSA) is 40.6 Å². The summed E-state index contributed by atoms with van der Waals surface area (Å²) in [6, 6.07) is 8.04. The predicted molar refractivity (Wildman–Crippen MR) is 107 cm³/mol. The van der Waals surface area contributed by atoms with Gasteiger partial charge in [0.1, 0.15) is 0 Å². The first-order valence-corrected chi connectivity index (χ1v) is 10.8. The van der Waals surface area contributed by atoms with E-state index in [4.69, 9.17) is 0 Å². The summed E-state index contributed by atoms with van der Waals surface area (Å²) in [5, 5.41) is 0. The van der Waals surface area contributed by atoms with Crippen molar-refractivity contribution in [3.8, 4) is 0 Å². The molecule has 1 aromatic rings. The minimum Gasteiger partial charge on any atom is -0.342 e. The van der Waals surface area contributed by atoms with Crippen LogP contribution < -0.4 is 0 Å². The molecule has 0 unspecified atom stereocenters. The average molecular weight is 369 g/mol. The van der Waals surface area contributed by atoms with Crippen LogP contribution in [0.2, 0.25) is 0 Å². The van der Waals surface area contributed by atoms with Crippen LogP contribution in [0.5, 0.6) is 0 Å². The van der Waals surface area contributed by atoms with E-state index in [0.717, 1.165) is 69.2 Å². The van der Waals surface area contributed by atoms with Gasteiger partial charge in [0.2, 0.25) is 5.91 Å². The SMILES string of the molecule is CC[C@H](C)N1C(=O)c2ccccc2[C@H](C(=O)N2CCCC2)C12CCCCC2. The molecule has 1 saturated carbocycles. The smallest absolute Gasteiger partial charge is 0.254 e. The van der Waals surface area contributed by atoms with E-state index in [-0.39, 0.29) is 29.3 Å². The van der Waals surface area contributed by atoms with Crippen molar-refractivity contribution in [2.75, 3.05) is 13.1 Å². The highest BCUT2D eigenvalue weighted by Gasteiger charge is 2.56. The van der Waals surface area contributed by atoms with Gasteiger partial charge >= 0.3 is 0 Å². The Bertz CT molecular complexity index is 717. The van der Waals surface area contributed by atoms with Crippen molar-refractivity contribution in [3.05, 3.63) is 35.4 Å². The number of rotatable bonds is 3. The number of hydrogen-bond acceptors (Lipinski definition) is 2. The van der Waals surface area contributed by atoms with Crippen molar-refractivity contribution in [1.82, 2.24) is 9.80 Å². The molecular formula is C23H32N2O2. The van der Waals surface area contributed by atoms with Crippen molar-refractivity contribution in [1.29, 1.82) is 0 Å². The van der Waals surface area contributed by atoms with Crippen molar-refractivity contribution < 1.29 is 9.59 Å². The van der Waals surface area contributed by atoms with Gasteiger partial charge in [0.05, 0.1) is 11.5 Å². The van der Waals surface area contributed by atoms with E-state index in [0.29, 0.717) is 0 Å². The summed E-state index contributed by atoms with van der Waals surface area (Å²) in [4.78, 5) is 31.6. The van der Waals surface area contributed by atoms with Crippen LogP contribution in [0, 0.1) is 0 Å². The Kier molecular flexibility index (Phi) is 5.00. The molecule has 0 radical (unpaired) electrons. The zero-order valence-electron chi connectivity index (χ0n) is 16.7. The van der Waals surface area contributed by atoms with Gasteiger partial charge in [0, 0.05) is 24.7 Å². The second-order valence-corrected chi connectivity index (χ2v) is 8.65. The van der Waals surface area contributed by atoms with Gasteiger partial charge in [0.15, 0.2) is 0 Å². The number of benzene rings is 1. The number of amides is 2. The highest BCUT2D eigenvalue weighted by atomic mass is 16.2. The largest absolute Gasteiger partial charge is 0.342 e. The molecule has 1 aliphatic carbocycles. The van der Waals surface area contributed by atoms with E-state index in [1.807, 2.05) is 24.3 Å². The normalized spacial score (nSPS) is 25.6. The predicted octanol–water partition coefficient (Wildman–Crippen LogP) is 4.35. The number of nitrogens with zero attached hydrogens (tertiary/aromatic N) is 2. The van der Waals surface area contributed by atoms with E-state index >= 15 is 0 Å².